The van der Waals surface area contributed by atoms with Crippen LogP contribution < -0.4 is 10.1 Å². The number of hydrogen-bond acceptors (Lipinski definition) is 3. The molecule has 4 nitrogen and oxygen atoms in total. The summed E-state index contributed by atoms with van der Waals surface area (Å²) in [5.41, 5.74) is 0.651. The first-order valence-corrected chi connectivity index (χ1v) is 7.46. The van der Waals surface area contributed by atoms with Crippen LogP contribution in [0.25, 0.3) is 0 Å². The van der Waals surface area contributed by atoms with Gasteiger partial charge in [-0.15, -0.1) is 0 Å². The molecule has 19 heavy (non-hydrogen) atoms. The second kappa shape index (κ2) is 9.81. The van der Waals surface area contributed by atoms with E-state index in [1.54, 1.807) is 19.2 Å². The van der Waals surface area contributed by atoms with Crippen LogP contribution in [0.15, 0.2) is 24.3 Å². The standard InChI is InChI=1S/C14H20BrNO3/c1-18-10-3-2-9-16-14(17)12-4-6-13(7-5-12)19-11-8-15/h4-7H,2-3,8-11H2,1H3,(H,16,17). The molecule has 0 aliphatic carbocycles. The van der Waals surface area contributed by atoms with Gasteiger partial charge in [0, 0.05) is 31.2 Å². The molecule has 1 rings (SSSR count). The van der Waals surface area contributed by atoms with Gasteiger partial charge in [0.1, 0.15) is 5.75 Å². The third-order valence-electron chi connectivity index (χ3n) is 2.52. The third-order valence-corrected chi connectivity index (χ3v) is 2.85. The van der Waals surface area contributed by atoms with E-state index in [0.717, 1.165) is 30.5 Å². The first kappa shape index (κ1) is 16.0. The van der Waals surface area contributed by atoms with Gasteiger partial charge >= 0.3 is 0 Å². The molecule has 0 saturated carbocycles. The normalized spacial score (nSPS) is 10.2. The highest BCUT2D eigenvalue weighted by atomic mass is 79.9. The van der Waals surface area contributed by atoms with Crippen molar-refractivity contribution in [2.75, 3.05) is 32.2 Å². The molecule has 1 aromatic rings. The van der Waals surface area contributed by atoms with Crippen LogP contribution in [0.3, 0.4) is 0 Å². The summed E-state index contributed by atoms with van der Waals surface area (Å²) in [6.45, 7) is 2.02. The topological polar surface area (TPSA) is 47.6 Å². The Morgan fingerprint density at radius 1 is 1.21 bits per heavy atom. The van der Waals surface area contributed by atoms with E-state index in [2.05, 4.69) is 21.2 Å². The molecule has 1 aromatic carbocycles. The van der Waals surface area contributed by atoms with Crippen molar-refractivity contribution in [2.24, 2.45) is 0 Å². The van der Waals surface area contributed by atoms with E-state index in [4.69, 9.17) is 9.47 Å². The van der Waals surface area contributed by atoms with Gasteiger partial charge in [-0.3, -0.25) is 4.79 Å². The molecule has 0 aromatic heterocycles. The Bertz CT molecular complexity index is 367. The van der Waals surface area contributed by atoms with E-state index in [0.29, 0.717) is 18.7 Å². The minimum absolute atomic E-state index is 0.0514. The predicted molar refractivity (Wildman–Crippen MR) is 79.2 cm³/mol. The van der Waals surface area contributed by atoms with Gasteiger partial charge < -0.3 is 14.8 Å². The SMILES string of the molecule is COCCCCNC(=O)c1ccc(OCCBr)cc1. The molecule has 0 heterocycles. The van der Waals surface area contributed by atoms with Gasteiger partial charge in [0.05, 0.1) is 6.61 Å². The fraction of sp³-hybridized carbons (Fsp3) is 0.500. The summed E-state index contributed by atoms with van der Waals surface area (Å²) in [5.74, 6) is 0.723. The monoisotopic (exact) mass is 329 g/mol. The zero-order valence-electron chi connectivity index (χ0n) is 11.2. The number of hydrogen-bond donors (Lipinski definition) is 1. The number of nitrogens with one attached hydrogen (secondary N) is 1. The van der Waals surface area contributed by atoms with Gasteiger partial charge in [0.15, 0.2) is 0 Å². The van der Waals surface area contributed by atoms with Crippen molar-refractivity contribution in [3.05, 3.63) is 29.8 Å². The van der Waals surface area contributed by atoms with Crippen LogP contribution in [0.5, 0.6) is 5.75 Å². The molecule has 0 fully saturated rings. The highest BCUT2D eigenvalue weighted by molar-refractivity contribution is 9.09. The molecule has 5 heteroatoms. The number of halogens is 1. The first-order chi connectivity index (χ1) is 9.27. The second-order valence-corrected chi connectivity index (χ2v) is 4.81. The third kappa shape index (κ3) is 6.59. The number of alkyl halides is 1. The Morgan fingerprint density at radius 3 is 2.58 bits per heavy atom. The van der Waals surface area contributed by atoms with Crippen LogP contribution in [0.2, 0.25) is 0 Å². The van der Waals surface area contributed by atoms with E-state index in [1.165, 1.54) is 0 Å². The number of rotatable bonds is 9. The van der Waals surface area contributed by atoms with Gasteiger partial charge in [-0.05, 0) is 37.1 Å². The molecular formula is C14H20BrNO3. The van der Waals surface area contributed by atoms with Crippen molar-refractivity contribution >= 4 is 21.8 Å². The first-order valence-electron chi connectivity index (χ1n) is 6.34. The number of methoxy groups -OCH3 is 1. The zero-order chi connectivity index (χ0) is 13.9. The number of benzene rings is 1. The van der Waals surface area contributed by atoms with Crippen molar-refractivity contribution in [3.63, 3.8) is 0 Å². The minimum Gasteiger partial charge on any atom is -0.493 e. The van der Waals surface area contributed by atoms with Crippen molar-refractivity contribution in [1.82, 2.24) is 5.32 Å². The quantitative estimate of drug-likeness (QED) is 0.559. The van der Waals surface area contributed by atoms with Crippen LogP contribution >= 0.6 is 15.9 Å². The molecule has 1 N–H and O–H groups in total. The van der Waals surface area contributed by atoms with Gasteiger partial charge in [-0.2, -0.15) is 0 Å². The highest BCUT2D eigenvalue weighted by Crippen LogP contribution is 2.12. The molecule has 106 valence electrons. The van der Waals surface area contributed by atoms with Crippen molar-refractivity contribution in [2.45, 2.75) is 12.8 Å². The van der Waals surface area contributed by atoms with Crippen LogP contribution in [-0.4, -0.2) is 38.1 Å². The molecular weight excluding hydrogens is 310 g/mol. The number of carbonyl (C=O) groups excluding carboxylic acids is 1. The predicted octanol–water partition coefficient (Wildman–Crippen LogP) is 2.62. The Labute approximate surface area is 122 Å². The molecule has 0 saturated heterocycles. The maximum absolute atomic E-state index is 11.8. The molecule has 0 spiro atoms. The largest absolute Gasteiger partial charge is 0.493 e. The fourth-order valence-electron chi connectivity index (χ4n) is 1.53. The summed E-state index contributed by atoms with van der Waals surface area (Å²) >= 11 is 3.29. The number of amides is 1. The average Bonchev–Trinajstić information content (AvgIpc) is 2.45. The number of ether oxygens (including phenoxy) is 2. The lowest BCUT2D eigenvalue weighted by atomic mass is 10.2. The molecule has 0 bridgehead atoms. The molecule has 0 aliphatic heterocycles. The van der Waals surface area contributed by atoms with E-state index in [-0.39, 0.29) is 5.91 Å². The zero-order valence-corrected chi connectivity index (χ0v) is 12.7. The number of carbonyl (C=O) groups is 1. The maximum Gasteiger partial charge on any atom is 0.251 e. The number of unbranched alkanes of at least 4 members (excludes halogenated alkanes) is 1. The summed E-state index contributed by atoms with van der Waals surface area (Å²) in [4.78, 5) is 11.8. The van der Waals surface area contributed by atoms with Crippen LogP contribution in [0, 0.1) is 0 Å². The lowest BCUT2D eigenvalue weighted by Gasteiger charge is -2.07. The smallest absolute Gasteiger partial charge is 0.251 e. The second-order valence-electron chi connectivity index (χ2n) is 4.02. The van der Waals surface area contributed by atoms with Gasteiger partial charge in [-0.1, -0.05) is 15.9 Å². The van der Waals surface area contributed by atoms with Gasteiger partial charge in [-0.25, -0.2) is 0 Å². The lowest BCUT2D eigenvalue weighted by molar-refractivity contribution is 0.0951. The lowest BCUT2D eigenvalue weighted by Crippen LogP contribution is -2.24. The molecule has 0 unspecified atom stereocenters. The van der Waals surface area contributed by atoms with Crippen molar-refractivity contribution in [1.29, 1.82) is 0 Å². The summed E-state index contributed by atoms with van der Waals surface area (Å²) in [7, 11) is 1.68. The van der Waals surface area contributed by atoms with Crippen molar-refractivity contribution < 1.29 is 14.3 Å². The van der Waals surface area contributed by atoms with E-state index in [1.807, 2.05) is 12.1 Å². The van der Waals surface area contributed by atoms with Crippen LogP contribution in [-0.2, 0) is 4.74 Å². The molecule has 1 amide bonds. The molecule has 0 radical (unpaired) electrons. The Morgan fingerprint density at radius 2 is 1.95 bits per heavy atom. The molecule has 0 atom stereocenters. The van der Waals surface area contributed by atoms with E-state index >= 15 is 0 Å². The Balaban J connectivity index is 2.32. The van der Waals surface area contributed by atoms with Crippen molar-refractivity contribution in [3.8, 4) is 5.75 Å². The minimum atomic E-state index is -0.0514. The molecule has 0 aliphatic rings. The fourth-order valence-corrected chi connectivity index (χ4v) is 1.70. The summed E-state index contributed by atoms with van der Waals surface area (Å²) in [5, 5.41) is 3.67. The summed E-state index contributed by atoms with van der Waals surface area (Å²) in [6.07, 6.45) is 1.88. The average molecular weight is 330 g/mol. The van der Waals surface area contributed by atoms with Gasteiger partial charge in [0.2, 0.25) is 0 Å². The highest BCUT2D eigenvalue weighted by Gasteiger charge is 2.04. The summed E-state index contributed by atoms with van der Waals surface area (Å²) < 4.78 is 10.4. The van der Waals surface area contributed by atoms with Crippen LogP contribution in [0.4, 0.5) is 0 Å². The Kier molecular flexibility index (Phi) is 8.25. The van der Waals surface area contributed by atoms with E-state index in [9.17, 15) is 4.79 Å². The Hall–Kier alpha value is -1.07. The van der Waals surface area contributed by atoms with Crippen LogP contribution in [0.1, 0.15) is 23.2 Å². The maximum atomic E-state index is 11.8. The van der Waals surface area contributed by atoms with Gasteiger partial charge in [0.25, 0.3) is 5.91 Å². The summed E-state index contributed by atoms with van der Waals surface area (Å²) in [6, 6.07) is 7.16. The van der Waals surface area contributed by atoms with E-state index < -0.39 is 0 Å².